The molecule has 1 aliphatic heterocycles. The zero-order valence-electron chi connectivity index (χ0n) is 15.6. The zero-order valence-corrected chi connectivity index (χ0v) is 15.6. The molecule has 0 saturated carbocycles. The van der Waals surface area contributed by atoms with Gasteiger partial charge in [0.25, 0.3) is 0 Å². The van der Waals surface area contributed by atoms with E-state index < -0.39 is 0 Å². The van der Waals surface area contributed by atoms with Gasteiger partial charge in [-0.25, -0.2) is 4.58 Å². The van der Waals surface area contributed by atoms with Gasteiger partial charge in [0.2, 0.25) is 0 Å². The van der Waals surface area contributed by atoms with Gasteiger partial charge in [-0.1, -0.05) is 54.6 Å². The second-order valence-corrected chi connectivity index (χ2v) is 6.75. The molecule has 1 aliphatic carbocycles. The molecule has 0 bridgehead atoms. The minimum absolute atomic E-state index is 0.858. The fourth-order valence-electron chi connectivity index (χ4n) is 3.12. The first-order valence-electron chi connectivity index (χ1n) is 9.07. The first-order chi connectivity index (χ1) is 13.2. The quantitative estimate of drug-likeness (QED) is 0.671. The van der Waals surface area contributed by atoms with Gasteiger partial charge in [0.1, 0.15) is 25.6 Å². The van der Waals surface area contributed by atoms with E-state index in [1.54, 1.807) is 0 Å². The molecule has 0 unspecified atom stereocenters. The highest BCUT2D eigenvalue weighted by Crippen LogP contribution is 2.36. The zero-order chi connectivity index (χ0) is 18.6. The van der Waals surface area contributed by atoms with Gasteiger partial charge in [-0.3, -0.25) is 0 Å². The molecule has 2 aliphatic rings. The third kappa shape index (κ3) is 3.75. The highest BCUT2D eigenvalue weighted by molar-refractivity contribution is 6.02. The van der Waals surface area contributed by atoms with Crippen LogP contribution in [0.4, 0.5) is 0 Å². The maximum absolute atomic E-state index is 6.24. The summed E-state index contributed by atoms with van der Waals surface area (Å²) in [7, 11) is 4.09. The summed E-state index contributed by atoms with van der Waals surface area (Å²) in [4.78, 5) is 0. The second-order valence-electron chi connectivity index (χ2n) is 6.75. The molecular weight excluding hydrogens is 330 g/mol. The van der Waals surface area contributed by atoms with Gasteiger partial charge in [0.15, 0.2) is 5.71 Å². The van der Waals surface area contributed by atoms with Crippen molar-refractivity contribution in [2.45, 2.75) is 0 Å². The Kier molecular flexibility index (Phi) is 4.71. The molecule has 0 atom stereocenters. The number of nitrogens with zero attached hydrogens (tertiary/aromatic N) is 1. The molecule has 0 fully saturated rings. The van der Waals surface area contributed by atoms with Crippen LogP contribution in [0.5, 0.6) is 5.75 Å². The van der Waals surface area contributed by atoms with Gasteiger partial charge in [0, 0.05) is 23.3 Å². The molecule has 4 rings (SSSR count). The van der Waals surface area contributed by atoms with Crippen LogP contribution in [-0.4, -0.2) is 24.4 Å². The van der Waals surface area contributed by atoms with Crippen molar-refractivity contribution in [1.82, 2.24) is 0 Å². The number of ether oxygens (including phenoxy) is 1. The Balaban J connectivity index is 1.72. The predicted octanol–water partition coefficient (Wildman–Crippen LogP) is 5.27. The first-order valence-corrected chi connectivity index (χ1v) is 9.07. The molecule has 2 nitrogen and oxygen atoms in total. The van der Waals surface area contributed by atoms with Crippen LogP contribution >= 0.6 is 0 Å². The molecule has 0 aromatic heterocycles. The lowest BCUT2D eigenvalue weighted by molar-refractivity contribution is -0.462. The number of hydrogen-bond donors (Lipinski definition) is 0. The van der Waals surface area contributed by atoms with Gasteiger partial charge in [0.05, 0.1) is 0 Å². The van der Waals surface area contributed by atoms with Crippen LogP contribution in [0.3, 0.4) is 0 Å². The van der Waals surface area contributed by atoms with E-state index in [-0.39, 0.29) is 0 Å². The lowest BCUT2D eigenvalue weighted by atomic mass is 9.97. The maximum atomic E-state index is 6.24. The fraction of sp³-hybridized carbons (Fsp3) is 0.0800. The number of hydrogen-bond acceptors (Lipinski definition) is 1. The van der Waals surface area contributed by atoms with Crippen LogP contribution in [0.15, 0.2) is 102 Å². The van der Waals surface area contributed by atoms with Crippen molar-refractivity contribution >= 4 is 17.4 Å². The molecule has 0 spiro atoms. The van der Waals surface area contributed by atoms with Crippen molar-refractivity contribution in [3.8, 4) is 5.75 Å². The van der Waals surface area contributed by atoms with E-state index in [9.17, 15) is 0 Å². The van der Waals surface area contributed by atoms with E-state index in [0.717, 1.165) is 33.8 Å². The monoisotopic (exact) mass is 352 g/mol. The molecule has 2 heteroatoms. The summed E-state index contributed by atoms with van der Waals surface area (Å²) in [5.74, 6) is 1.75. The predicted molar refractivity (Wildman–Crippen MR) is 113 cm³/mol. The molecule has 132 valence electrons. The van der Waals surface area contributed by atoms with E-state index in [1.807, 2.05) is 38.4 Å². The number of fused-ring (bicyclic) bond motifs is 1. The molecule has 27 heavy (non-hydrogen) atoms. The number of benzene rings is 2. The van der Waals surface area contributed by atoms with Gasteiger partial charge >= 0.3 is 0 Å². The summed E-state index contributed by atoms with van der Waals surface area (Å²) in [5, 5.41) is 0. The lowest BCUT2D eigenvalue weighted by Crippen LogP contribution is -2.09. The van der Waals surface area contributed by atoms with Crippen LogP contribution in [-0.2, 0) is 0 Å². The maximum Gasteiger partial charge on any atom is 0.199 e. The third-order valence-corrected chi connectivity index (χ3v) is 4.63. The SMILES string of the molecule is C[N+](C)=C1C=CC(=CC=C2Oc3ccccc3C=C2c2ccccc2)C=C1. The second kappa shape index (κ2) is 7.46. The lowest BCUT2D eigenvalue weighted by Gasteiger charge is -2.20. The smallest absolute Gasteiger partial charge is 0.199 e. The molecule has 2 aromatic carbocycles. The summed E-state index contributed by atoms with van der Waals surface area (Å²) in [6.45, 7) is 0. The van der Waals surface area contributed by atoms with Gasteiger partial charge in [-0.05, 0) is 41.5 Å². The minimum atomic E-state index is 0.858. The Morgan fingerprint density at radius 3 is 2.22 bits per heavy atom. The average molecular weight is 352 g/mol. The molecule has 2 aromatic rings. The average Bonchev–Trinajstić information content (AvgIpc) is 2.72. The Morgan fingerprint density at radius 2 is 1.48 bits per heavy atom. The van der Waals surface area contributed by atoms with Crippen LogP contribution in [0.25, 0.3) is 11.6 Å². The van der Waals surface area contributed by atoms with Crippen molar-refractivity contribution in [1.29, 1.82) is 0 Å². The molecule has 0 radical (unpaired) electrons. The largest absolute Gasteiger partial charge is 0.456 e. The number of para-hydroxylation sites is 1. The Labute approximate surface area is 160 Å². The summed E-state index contributed by atoms with van der Waals surface area (Å²) in [6.07, 6.45) is 14.8. The van der Waals surface area contributed by atoms with Crippen molar-refractivity contribution < 1.29 is 9.31 Å². The standard InChI is InChI=1S/C25H22NO/c1-26(2)22-15-12-19(13-16-22)14-17-25-23(20-8-4-3-5-9-20)18-21-10-6-7-11-24(21)27-25/h3-18H,1-2H3/q+1. The summed E-state index contributed by atoms with van der Waals surface area (Å²) >= 11 is 0. The van der Waals surface area contributed by atoms with E-state index >= 15 is 0 Å². The number of rotatable bonds is 2. The molecular formula is C25H22NO+. The number of allylic oxidation sites excluding steroid dienone is 8. The molecule has 0 saturated heterocycles. The Hall–Kier alpha value is -3.39. The van der Waals surface area contributed by atoms with E-state index in [0.29, 0.717) is 0 Å². The van der Waals surface area contributed by atoms with Gasteiger partial charge in [-0.2, -0.15) is 0 Å². The third-order valence-electron chi connectivity index (χ3n) is 4.63. The van der Waals surface area contributed by atoms with E-state index in [2.05, 4.69) is 77.4 Å². The summed E-state index contributed by atoms with van der Waals surface area (Å²) in [5.41, 5.74) is 5.67. The minimum Gasteiger partial charge on any atom is -0.456 e. The summed E-state index contributed by atoms with van der Waals surface area (Å²) in [6, 6.07) is 18.5. The van der Waals surface area contributed by atoms with E-state index in [4.69, 9.17) is 4.74 Å². The van der Waals surface area contributed by atoms with Crippen molar-refractivity contribution in [3.63, 3.8) is 0 Å². The van der Waals surface area contributed by atoms with Crippen LogP contribution in [0.2, 0.25) is 0 Å². The van der Waals surface area contributed by atoms with Crippen LogP contribution < -0.4 is 4.74 Å². The highest BCUT2D eigenvalue weighted by atomic mass is 16.5. The first kappa shape index (κ1) is 17.0. The normalized spacial score (nSPS) is 16.7. The van der Waals surface area contributed by atoms with Crippen molar-refractivity contribution in [2.75, 3.05) is 14.1 Å². The molecule has 0 N–H and O–H groups in total. The fourth-order valence-corrected chi connectivity index (χ4v) is 3.12. The van der Waals surface area contributed by atoms with E-state index in [1.165, 1.54) is 5.71 Å². The summed E-state index contributed by atoms with van der Waals surface area (Å²) < 4.78 is 8.33. The van der Waals surface area contributed by atoms with Crippen molar-refractivity contribution in [2.24, 2.45) is 0 Å². The Morgan fingerprint density at radius 1 is 0.778 bits per heavy atom. The van der Waals surface area contributed by atoms with Crippen LogP contribution in [0, 0.1) is 0 Å². The molecule has 0 amide bonds. The topological polar surface area (TPSA) is 12.2 Å². The highest BCUT2D eigenvalue weighted by Gasteiger charge is 2.17. The van der Waals surface area contributed by atoms with Crippen molar-refractivity contribution in [3.05, 3.63) is 114 Å². The molecule has 1 heterocycles. The van der Waals surface area contributed by atoms with Gasteiger partial charge in [-0.15, -0.1) is 0 Å². The van der Waals surface area contributed by atoms with Crippen LogP contribution in [0.1, 0.15) is 11.1 Å². The van der Waals surface area contributed by atoms with Gasteiger partial charge < -0.3 is 4.74 Å². The Bertz CT molecular complexity index is 1020.